The van der Waals surface area contributed by atoms with Gasteiger partial charge in [0, 0.05) is 18.6 Å². The topological polar surface area (TPSA) is 47.0 Å². The molecule has 14 heavy (non-hydrogen) atoms. The summed E-state index contributed by atoms with van der Waals surface area (Å²) in [6.45, 7) is 4.06. The number of rotatable bonds is 3. The zero-order chi connectivity index (χ0) is 10.8. The van der Waals surface area contributed by atoms with Crippen LogP contribution in [-0.2, 0) is 15.6 Å². The van der Waals surface area contributed by atoms with Crippen molar-refractivity contribution in [3.05, 3.63) is 29.6 Å². The van der Waals surface area contributed by atoms with E-state index >= 15 is 0 Å². The molecule has 0 N–H and O–H groups in total. The van der Waals surface area contributed by atoms with Crippen molar-refractivity contribution in [1.29, 1.82) is 0 Å². The van der Waals surface area contributed by atoms with E-state index in [1.165, 1.54) is 6.26 Å². The van der Waals surface area contributed by atoms with E-state index < -0.39 is 9.84 Å². The number of hydrogen-bond acceptors (Lipinski definition) is 3. The quantitative estimate of drug-likeness (QED) is 0.768. The average molecular weight is 213 g/mol. The van der Waals surface area contributed by atoms with Gasteiger partial charge in [-0.1, -0.05) is 13.8 Å². The van der Waals surface area contributed by atoms with Gasteiger partial charge in [-0.05, 0) is 23.1 Å². The molecular weight excluding hydrogens is 198 g/mol. The van der Waals surface area contributed by atoms with Crippen LogP contribution >= 0.6 is 0 Å². The van der Waals surface area contributed by atoms with Crippen LogP contribution in [0.1, 0.15) is 30.9 Å². The maximum atomic E-state index is 11.2. The van der Waals surface area contributed by atoms with Crippen molar-refractivity contribution in [2.24, 2.45) is 0 Å². The van der Waals surface area contributed by atoms with E-state index in [1.54, 1.807) is 18.5 Å². The lowest BCUT2D eigenvalue weighted by molar-refractivity contribution is 0.600. The van der Waals surface area contributed by atoms with Gasteiger partial charge >= 0.3 is 0 Å². The number of hydrogen-bond donors (Lipinski definition) is 0. The third kappa shape index (κ3) is 3.10. The van der Waals surface area contributed by atoms with Gasteiger partial charge in [0.25, 0.3) is 0 Å². The Morgan fingerprint density at radius 2 is 2.07 bits per heavy atom. The first-order valence-corrected chi connectivity index (χ1v) is 6.56. The minimum Gasteiger partial charge on any atom is -0.264 e. The fraction of sp³-hybridized carbons (Fsp3) is 0.500. The third-order valence-electron chi connectivity index (χ3n) is 1.99. The van der Waals surface area contributed by atoms with E-state index in [4.69, 9.17) is 0 Å². The third-order valence-corrected chi connectivity index (χ3v) is 2.82. The molecule has 3 nitrogen and oxygen atoms in total. The maximum Gasteiger partial charge on any atom is 0.151 e. The molecule has 0 amide bonds. The summed E-state index contributed by atoms with van der Waals surface area (Å²) in [4.78, 5) is 4.00. The molecule has 0 aliphatic rings. The molecule has 1 aromatic heterocycles. The van der Waals surface area contributed by atoms with E-state index in [2.05, 4.69) is 4.98 Å². The molecule has 0 unspecified atom stereocenters. The summed E-state index contributed by atoms with van der Waals surface area (Å²) in [6.07, 6.45) is 4.62. The lowest BCUT2D eigenvalue weighted by Crippen LogP contribution is -2.05. The van der Waals surface area contributed by atoms with Crippen LogP contribution in [-0.4, -0.2) is 19.7 Å². The summed E-state index contributed by atoms with van der Waals surface area (Å²) in [5.41, 5.74) is 1.87. The van der Waals surface area contributed by atoms with Gasteiger partial charge < -0.3 is 0 Å². The monoisotopic (exact) mass is 213 g/mol. The second-order valence-electron chi connectivity index (χ2n) is 3.80. The molecule has 0 aliphatic heterocycles. The summed E-state index contributed by atoms with van der Waals surface area (Å²) in [5, 5.41) is 0. The molecule has 1 aromatic rings. The normalized spacial score (nSPS) is 12.0. The molecule has 1 rings (SSSR count). The van der Waals surface area contributed by atoms with E-state index in [1.807, 2.05) is 13.8 Å². The smallest absolute Gasteiger partial charge is 0.151 e. The lowest BCUT2D eigenvalue weighted by atomic mass is 10.0. The number of sulfone groups is 1. The van der Waals surface area contributed by atoms with Crippen LogP contribution in [0.2, 0.25) is 0 Å². The van der Waals surface area contributed by atoms with Crippen LogP contribution in [0.3, 0.4) is 0 Å². The van der Waals surface area contributed by atoms with Crippen LogP contribution in [0.4, 0.5) is 0 Å². The zero-order valence-electron chi connectivity index (χ0n) is 8.69. The Kier molecular flexibility index (Phi) is 3.26. The molecule has 1 heterocycles. The highest BCUT2D eigenvalue weighted by Crippen LogP contribution is 2.19. The molecule has 4 heteroatoms. The lowest BCUT2D eigenvalue weighted by Gasteiger charge is -2.10. The molecule has 0 spiro atoms. The van der Waals surface area contributed by atoms with Gasteiger partial charge in [0.05, 0.1) is 5.75 Å². The minimum atomic E-state index is -2.96. The first kappa shape index (κ1) is 11.2. The minimum absolute atomic E-state index is 0.100. The van der Waals surface area contributed by atoms with Gasteiger partial charge in [-0.15, -0.1) is 0 Å². The van der Waals surface area contributed by atoms with Crippen molar-refractivity contribution in [1.82, 2.24) is 4.98 Å². The molecule has 0 aromatic carbocycles. The van der Waals surface area contributed by atoms with Crippen LogP contribution in [0, 0.1) is 0 Å². The number of pyridine rings is 1. The Bertz CT molecular complexity index is 410. The number of nitrogens with zero attached hydrogens (tertiary/aromatic N) is 1. The molecule has 0 saturated carbocycles. The van der Waals surface area contributed by atoms with Crippen LogP contribution in [0.15, 0.2) is 18.5 Å². The van der Waals surface area contributed by atoms with Gasteiger partial charge in [-0.3, -0.25) is 4.98 Å². The second kappa shape index (κ2) is 4.09. The Morgan fingerprint density at radius 1 is 1.43 bits per heavy atom. The fourth-order valence-electron chi connectivity index (χ4n) is 1.37. The molecule has 0 aliphatic carbocycles. The predicted octanol–water partition coefficient (Wildman–Crippen LogP) is 1.75. The van der Waals surface area contributed by atoms with Crippen molar-refractivity contribution in [2.45, 2.75) is 25.5 Å². The molecule has 0 bridgehead atoms. The number of aromatic nitrogens is 1. The van der Waals surface area contributed by atoms with Crippen molar-refractivity contribution < 1.29 is 8.42 Å². The largest absolute Gasteiger partial charge is 0.264 e. The first-order valence-electron chi connectivity index (χ1n) is 4.50. The summed E-state index contributed by atoms with van der Waals surface area (Å²) < 4.78 is 22.3. The molecule has 78 valence electrons. The van der Waals surface area contributed by atoms with E-state index in [0.717, 1.165) is 11.1 Å². The maximum absolute atomic E-state index is 11.2. The average Bonchev–Trinajstić information content (AvgIpc) is 2.01. The van der Waals surface area contributed by atoms with Crippen molar-refractivity contribution in [3.8, 4) is 0 Å². The van der Waals surface area contributed by atoms with Gasteiger partial charge in [-0.25, -0.2) is 8.42 Å². The Morgan fingerprint density at radius 3 is 2.57 bits per heavy atom. The highest BCUT2D eigenvalue weighted by Gasteiger charge is 2.11. The van der Waals surface area contributed by atoms with Crippen LogP contribution in [0.25, 0.3) is 0 Å². The Balaban J connectivity index is 3.08. The van der Waals surface area contributed by atoms with Gasteiger partial charge in [0.2, 0.25) is 0 Å². The van der Waals surface area contributed by atoms with E-state index in [9.17, 15) is 8.42 Å². The summed E-state index contributed by atoms with van der Waals surface area (Å²) in [7, 11) is -2.96. The van der Waals surface area contributed by atoms with Gasteiger partial charge in [0.15, 0.2) is 9.84 Å². The van der Waals surface area contributed by atoms with Crippen LogP contribution in [0.5, 0.6) is 0 Å². The summed E-state index contributed by atoms with van der Waals surface area (Å²) in [5.74, 6) is 0.406. The van der Waals surface area contributed by atoms with Crippen molar-refractivity contribution in [2.75, 3.05) is 6.26 Å². The predicted molar refractivity (Wildman–Crippen MR) is 56.9 cm³/mol. The highest BCUT2D eigenvalue weighted by molar-refractivity contribution is 7.89. The van der Waals surface area contributed by atoms with Crippen molar-refractivity contribution >= 4 is 9.84 Å². The summed E-state index contributed by atoms with van der Waals surface area (Å²) >= 11 is 0. The molecule has 0 saturated heterocycles. The van der Waals surface area contributed by atoms with Crippen molar-refractivity contribution in [3.63, 3.8) is 0 Å². The summed E-state index contributed by atoms with van der Waals surface area (Å²) in [6, 6.07) is 1.77. The molecule has 0 atom stereocenters. The van der Waals surface area contributed by atoms with Gasteiger partial charge in [-0.2, -0.15) is 0 Å². The van der Waals surface area contributed by atoms with Gasteiger partial charge in [0.1, 0.15) is 0 Å². The fourth-order valence-corrected chi connectivity index (χ4v) is 2.20. The standard InChI is InChI=1S/C10H15NO2S/c1-8(2)10-6-11-5-4-9(10)7-14(3,12)13/h4-6,8H,7H2,1-3H3. The SMILES string of the molecule is CC(C)c1cnccc1CS(C)(=O)=O. The second-order valence-corrected chi connectivity index (χ2v) is 5.94. The van der Waals surface area contributed by atoms with Crippen LogP contribution < -0.4 is 0 Å². The Hall–Kier alpha value is -0.900. The molecular formula is C10H15NO2S. The zero-order valence-corrected chi connectivity index (χ0v) is 9.50. The first-order chi connectivity index (χ1) is 6.40. The highest BCUT2D eigenvalue weighted by atomic mass is 32.2. The molecule has 0 radical (unpaired) electrons. The molecule has 0 fully saturated rings. The Labute approximate surface area is 85.1 Å². The van der Waals surface area contributed by atoms with E-state index in [0.29, 0.717) is 5.92 Å². The van der Waals surface area contributed by atoms with E-state index in [-0.39, 0.29) is 5.75 Å².